The van der Waals surface area contributed by atoms with Crippen molar-refractivity contribution in [3.05, 3.63) is 35.9 Å². The Labute approximate surface area is 169 Å². The standard InChI is InChI=1S/C20H27N3O6/c1-4-29-19(27)15(11-10-14-8-6-5-7-9-14)21-13(2)17(24)23-16(18(25)26)12-22(3)20(23)28/h5-9,13,15-16,21H,4,10-12H2,1-3H3,(H,25,26)/t13-,15-,16+/m0/s1. The van der Waals surface area contributed by atoms with Crippen LogP contribution in [0.4, 0.5) is 4.79 Å². The van der Waals surface area contributed by atoms with E-state index in [-0.39, 0.29) is 13.2 Å². The van der Waals surface area contributed by atoms with Gasteiger partial charge in [-0.2, -0.15) is 0 Å². The highest BCUT2D eigenvalue weighted by molar-refractivity contribution is 6.02. The number of benzene rings is 1. The quantitative estimate of drug-likeness (QED) is 0.586. The Morgan fingerprint density at radius 3 is 2.52 bits per heavy atom. The third kappa shape index (κ3) is 5.54. The number of hydrogen-bond acceptors (Lipinski definition) is 6. The van der Waals surface area contributed by atoms with Crippen molar-refractivity contribution in [2.24, 2.45) is 0 Å². The van der Waals surface area contributed by atoms with Crippen molar-refractivity contribution in [3.8, 4) is 0 Å². The van der Waals surface area contributed by atoms with Crippen LogP contribution in [-0.4, -0.2) is 77.1 Å². The molecule has 0 radical (unpaired) electrons. The van der Waals surface area contributed by atoms with Crippen molar-refractivity contribution in [2.45, 2.75) is 44.8 Å². The highest BCUT2D eigenvalue weighted by Gasteiger charge is 2.45. The van der Waals surface area contributed by atoms with E-state index in [4.69, 9.17) is 4.74 Å². The number of rotatable bonds is 9. The number of amides is 3. The van der Waals surface area contributed by atoms with Crippen LogP contribution in [0.1, 0.15) is 25.8 Å². The molecule has 1 saturated heterocycles. The lowest BCUT2D eigenvalue weighted by Crippen LogP contribution is -2.54. The first-order valence-corrected chi connectivity index (χ1v) is 9.53. The summed E-state index contributed by atoms with van der Waals surface area (Å²) >= 11 is 0. The Morgan fingerprint density at radius 1 is 1.28 bits per heavy atom. The molecule has 0 aromatic heterocycles. The smallest absolute Gasteiger partial charge is 0.328 e. The summed E-state index contributed by atoms with van der Waals surface area (Å²) < 4.78 is 5.10. The van der Waals surface area contributed by atoms with E-state index in [1.807, 2.05) is 30.3 Å². The molecule has 158 valence electrons. The van der Waals surface area contributed by atoms with Crippen LogP contribution in [0.3, 0.4) is 0 Å². The van der Waals surface area contributed by atoms with Gasteiger partial charge in [-0.3, -0.25) is 14.9 Å². The van der Waals surface area contributed by atoms with Gasteiger partial charge >= 0.3 is 18.0 Å². The fraction of sp³-hybridized carbons (Fsp3) is 0.500. The highest BCUT2D eigenvalue weighted by atomic mass is 16.5. The lowest BCUT2D eigenvalue weighted by atomic mass is 10.0. The molecule has 1 aromatic rings. The predicted octanol–water partition coefficient (Wildman–Crippen LogP) is 0.876. The van der Waals surface area contributed by atoms with Crippen LogP contribution in [0.5, 0.6) is 0 Å². The molecule has 0 bridgehead atoms. The molecule has 1 heterocycles. The third-order valence-electron chi connectivity index (χ3n) is 4.77. The number of esters is 1. The zero-order valence-corrected chi connectivity index (χ0v) is 16.8. The second-order valence-electron chi connectivity index (χ2n) is 6.94. The zero-order valence-electron chi connectivity index (χ0n) is 16.8. The van der Waals surface area contributed by atoms with E-state index in [0.717, 1.165) is 10.5 Å². The molecule has 2 rings (SSSR count). The normalized spacial score (nSPS) is 18.4. The van der Waals surface area contributed by atoms with Crippen LogP contribution in [0.25, 0.3) is 0 Å². The number of ether oxygens (including phenoxy) is 1. The summed E-state index contributed by atoms with van der Waals surface area (Å²) in [7, 11) is 1.44. The molecule has 29 heavy (non-hydrogen) atoms. The number of nitrogens with one attached hydrogen (secondary N) is 1. The van der Waals surface area contributed by atoms with Gasteiger partial charge in [-0.25, -0.2) is 14.5 Å². The number of aliphatic carboxylic acids is 1. The maximum atomic E-state index is 12.8. The summed E-state index contributed by atoms with van der Waals surface area (Å²) in [6, 6.07) is 5.92. The van der Waals surface area contributed by atoms with Gasteiger partial charge in [-0.05, 0) is 32.3 Å². The number of nitrogens with zero attached hydrogens (tertiary/aromatic N) is 2. The van der Waals surface area contributed by atoms with Gasteiger partial charge in [0.15, 0.2) is 6.04 Å². The molecule has 3 atom stereocenters. The van der Waals surface area contributed by atoms with Crippen molar-refractivity contribution < 1.29 is 29.0 Å². The monoisotopic (exact) mass is 405 g/mol. The van der Waals surface area contributed by atoms with Crippen LogP contribution >= 0.6 is 0 Å². The number of imide groups is 1. The molecule has 0 saturated carbocycles. The number of carboxylic acids is 1. The molecule has 9 nitrogen and oxygen atoms in total. The van der Waals surface area contributed by atoms with E-state index in [1.165, 1.54) is 18.9 Å². The molecular formula is C20H27N3O6. The van der Waals surface area contributed by atoms with Crippen LogP contribution in [0.15, 0.2) is 30.3 Å². The second kappa shape index (κ2) is 10.0. The highest BCUT2D eigenvalue weighted by Crippen LogP contribution is 2.17. The van der Waals surface area contributed by atoms with Crippen molar-refractivity contribution in [3.63, 3.8) is 0 Å². The number of hydrogen-bond donors (Lipinski definition) is 2. The van der Waals surface area contributed by atoms with Gasteiger partial charge in [0.1, 0.15) is 6.04 Å². The molecule has 2 N–H and O–H groups in total. The Morgan fingerprint density at radius 2 is 1.93 bits per heavy atom. The minimum Gasteiger partial charge on any atom is -0.480 e. The van der Waals surface area contributed by atoms with Crippen LogP contribution in [0, 0.1) is 0 Å². The lowest BCUT2D eigenvalue weighted by Gasteiger charge is -2.26. The summed E-state index contributed by atoms with van der Waals surface area (Å²) in [6.45, 7) is 3.31. The number of aryl methyl sites for hydroxylation is 1. The SMILES string of the molecule is CCOC(=O)[C@H](CCc1ccccc1)N[C@@H](C)C(=O)N1C(=O)N(C)C[C@@H]1C(=O)O. The third-order valence-corrected chi connectivity index (χ3v) is 4.77. The van der Waals surface area contributed by atoms with Gasteiger partial charge in [-0.15, -0.1) is 0 Å². The van der Waals surface area contributed by atoms with E-state index in [1.54, 1.807) is 6.92 Å². The number of carbonyl (C=O) groups excluding carboxylic acids is 3. The average Bonchev–Trinajstić information content (AvgIpc) is 3.00. The Bertz CT molecular complexity index is 754. The number of carboxylic acid groups (broad SMARTS) is 1. The molecule has 9 heteroatoms. The van der Waals surface area contributed by atoms with Gasteiger partial charge < -0.3 is 14.7 Å². The average molecular weight is 405 g/mol. The van der Waals surface area contributed by atoms with Crippen LogP contribution in [-0.2, 0) is 25.5 Å². The maximum absolute atomic E-state index is 12.8. The largest absolute Gasteiger partial charge is 0.480 e. The molecular weight excluding hydrogens is 378 g/mol. The van der Waals surface area contributed by atoms with Crippen molar-refractivity contribution in [1.29, 1.82) is 0 Å². The molecule has 1 fully saturated rings. The first-order valence-electron chi connectivity index (χ1n) is 9.53. The first-order chi connectivity index (χ1) is 13.8. The summed E-state index contributed by atoms with van der Waals surface area (Å²) in [5.41, 5.74) is 1.03. The van der Waals surface area contributed by atoms with Crippen molar-refractivity contribution >= 4 is 23.9 Å². The molecule has 0 aliphatic carbocycles. The summed E-state index contributed by atoms with van der Waals surface area (Å²) in [4.78, 5) is 50.8. The topological polar surface area (TPSA) is 116 Å². The Hall–Kier alpha value is -2.94. The van der Waals surface area contributed by atoms with Gasteiger partial charge in [0.25, 0.3) is 0 Å². The van der Waals surface area contributed by atoms with Crippen molar-refractivity contribution in [2.75, 3.05) is 20.2 Å². The van der Waals surface area contributed by atoms with Gasteiger partial charge in [0, 0.05) is 7.05 Å². The molecule has 0 spiro atoms. The number of urea groups is 1. The van der Waals surface area contributed by atoms with E-state index >= 15 is 0 Å². The lowest BCUT2D eigenvalue weighted by molar-refractivity contribution is -0.148. The minimum atomic E-state index is -1.26. The maximum Gasteiger partial charge on any atom is 0.328 e. The molecule has 1 aromatic carbocycles. The summed E-state index contributed by atoms with van der Waals surface area (Å²) in [6.07, 6.45) is 0.970. The van der Waals surface area contributed by atoms with Gasteiger partial charge in [-0.1, -0.05) is 30.3 Å². The predicted molar refractivity (Wildman–Crippen MR) is 104 cm³/mol. The zero-order chi connectivity index (χ0) is 21.6. The molecule has 1 aliphatic rings. The Balaban J connectivity index is 2.09. The summed E-state index contributed by atoms with van der Waals surface area (Å²) in [5.74, 6) is -2.45. The van der Waals surface area contributed by atoms with Crippen LogP contribution < -0.4 is 5.32 Å². The first kappa shape index (κ1) is 22.4. The van der Waals surface area contributed by atoms with E-state index in [2.05, 4.69) is 5.32 Å². The van der Waals surface area contributed by atoms with Gasteiger partial charge in [0.05, 0.1) is 19.2 Å². The molecule has 1 aliphatic heterocycles. The fourth-order valence-electron chi connectivity index (χ4n) is 3.22. The minimum absolute atomic E-state index is 0.0814. The van der Waals surface area contributed by atoms with E-state index in [0.29, 0.717) is 12.8 Å². The van der Waals surface area contributed by atoms with Gasteiger partial charge in [0.2, 0.25) is 5.91 Å². The molecule has 0 unspecified atom stereocenters. The van der Waals surface area contributed by atoms with Crippen LogP contribution in [0.2, 0.25) is 0 Å². The fourth-order valence-corrected chi connectivity index (χ4v) is 3.22. The molecule has 3 amide bonds. The number of carbonyl (C=O) groups is 4. The van der Waals surface area contributed by atoms with Crippen molar-refractivity contribution in [1.82, 2.24) is 15.1 Å². The second-order valence-corrected chi connectivity index (χ2v) is 6.94. The summed E-state index contributed by atoms with van der Waals surface area (Å²) in [5, 5.41) is 12.2. The van der Waals surface area contributed by atoms with E-state index < -0.39 is 42.0 Å². The Kier molecular flexibility index (Phi) is 7.72. The van der Waals surface area contributed by atoms with E-state index in [9.17, 15) is 24.3 Å². The number of likely N-dealkylation sites (N-methyl/N-ethyl adjacent to an activating group) is 1.